The molecule has 30 heavy (non-hydrogen) atoms. The number of hydrogen-bond donors (Lipinski definition) is 0. The van der Waals surface area contributed by atoms with Crippen molar-refractivity contribution in [3.8, 4) is 11.5 Å². The van der Waals surface area contributed by atoms with Crippen LogP contribution in [0.2, 0.25) is 0 Å². The average molecular weight is 426 g/mol. The zero-order valence-corrected chi connectivity index (χ0v) is 18.0. The van der Waals surface area contributed by atoms with Crippen LogP contribution in [-0.4, -0.2) is 22.0 Å². The Morgan fingerprint density at radius 2 is 1.77 bits per heavy atom. The number of carbonyl (C=O) groups is 1. The lowest BCUT2D eigenvalue weighted by molar-refractivity contribution is 0.0728. The predicted octanol–water partition coefficient (Wildman–Crippen LogP) is 4.35. The summed E-state index contributed by atoms with van der Waals surface area (Å²) in [5, 5.41) is 0.607. The van der Waals surface area contributed by atoms with Gasteiger partial charge in [0.1, 0.15) is 17.8 Å². The Bertz CT molecular complexity index is 1070. The molecule has 2 aromatic heterocycles. The maximum Gasteiger partial charge on any atom is 0.343 e. The Labute approximate surface area is 178 Å². The van der Waals surface area contributed by atoms with E-state index < -0.39 is 11.4 Å². The van der Waals surface area contributed by atoms with Gasteiger partial charge in [0, 0.05) is 17.5 Å². The fraction of sp³-hybridized carbons (Fsp3) is 0.273. The molecule has 156 valence electrons. The van der Waals surface area contributed by atoms with E-state index in [-0.39, 0.29) is 11.9 Å². The van der Waals surface area contributed by atoms with Crippen molar-refractivity contribution in [1.82, 2.24) is 9.97 Å². The molecule has 0 radical (unpaired) electrons. The summed E-state index contributed by atoms with van der Waals surface area (Å²) in [4.78, 5) is 33.3. The third-order valence-corrected chi connectivity index (χ3v) is 4.69. The van der Waals surface area contributed by atoms with Crippen molar-refractivity contribution in [2.45, 2.75) is 44.7 Å². The second kappa shape index (κ2) is 9.58. The summed E-state index contributed by atoms with van der Waals surface area (Å²) in [6, 6.07) is 9.70. The average Bonchev–Trinajstić information content (AvgIpc) is 2.67. The molecule has 2 heterocycles. The SMILES string of the molecule is Cc1cc(C)nc(SCc2cc(=O)c(OC(=O)c3ccc(OC(C)C)cc3)co2)n1. The summed E-state index contributed by atoms with van der Waals surface area (Å²) in [7, 11) is 0. The molecule has 0 spiro atoms. The Kier molecular flexibility index (Phi) is 6.89. The number of ether oxygens (including phenoxy) is 2. The Morgan fingerprint density at radius 3 is 2.37 bits per heavy atom. The monoisotopic (exact) mass is 426 g/mol. The molecule has 8 heteroatoms. The minimum atomic E-state index is -0.649. The van der Waals surface area contributed by atoms with Crippen LogP contribution in [-0.2, 0) is 5.75 Å². The minimum Gasteiger partial charge on any atom is -0.491 e. The topological polar surface area (TPSA) is 91.5 Å². The van der Waals surface area contributed by atoms with Crippen LogP contribution in [0.25, 0.3) is 0 Å². The number of aryl methyl sites for hydroxylation is 2. The molecule has 0 atom stereocenters. The number of thioether (sulfide) groups is 1. The number of aromatic nitrogens is 2. The van der Waals surface area contributed by atoms with Gasteiger partial charge in [-0.05, 0) is 58.0 Å². The Hall–Kier alpha value is -3.13. The number of rotatable bonds is 7. The van der Waals surface area contributed by atoms with Gasteiger partial charge in [0.05, 0.1) is 17.4 Å². The quantitative estimate of drug-likeness (QED) is 0.313. The molecular weight excluding hydrogens is 404 g/mol. The molecule has 0 aliphatic rings. The molecule has 0 saturated carbocycles. The number of nitrogens with zero attached hydrogens (tertiary/aromatic N) is 2. The van der Waals surface area contributed by atoms with Crippen molar-refractivity contribution in [3.05, 3.63) is 75.6 Å². The van der Waals surface area contributed by atoms with Crippen LogP contribution in [0, 0.1) is 13.8 Å². The Balaban J connectivity index is 1.63. The maximum atomic E-state index is 12.3. The highest BCUT2D eigenvalue weighted by molar-refractivity contribution is 7.98. The second-order valence-corrected chi connectivity index (χ2v) is 7.82. The molecule has 0 N–H and O–H groups in total. The van der Waals surface area contributed by atoms with Crippen LogP contribution in [0.4, 0.5) is 0 Å². The van der Waals surface area contributed by atoms with E-state index in [0.717, 1.165) is 17.7 Å². The maximum absolute atomic E-state index is 12.3. The lowest BCUT2D eigenvalue weighted by Crippen LogP contribution is -2.14. The first-order valence-electron chi connectivity index (χ1n) is 9.36. The lowest BCUT2D eigenvalue weighted by Gasteiger charge is -2.10. The van der Waals surface area contributed by atoms with E-state index in [9.17, 15) is 9.59 Å². The van der Waals surface area contributed by atoms with Crippen molar-refractivity contribution in [2.24, 2.45) is 0 Å². The number of esters is 1. The highest BCUT2D eigenvalue weighted by atomic mass is 32.2. The minimum absolute atomic E-state index is 0.0330. The third kappa shape index (κ3) is 5.93. The normalized spacial score (nSPS) is 10.8. The van der Waals surface area contributed by atoms with Crippen molar-refractivity contribution in [2.75, 3.05) is 0 Å². The number of benzene rings is 1. The van der Waals surface area contributed by atoms with Crippen molar-refractivity contribution < 1.29 is 18.7 Å². The van der Waals surface area contributed by atoms with Gasteiger partial charge in [-0.25, -0.2) is 14.8 Å². The van der Waals surface area contributed by atoms with Gasteiger partial charge in [0.15, 0.2) is 5.16 Å². The zero-order valence-electron chi connectivity index (χ0n) is 17.2. The van der Waals surface area contributed by atoms with Gasteiger partial charge in [-0.1, -0.05) is 11.8 Å². The molecule has 3 rings (SSSR count). The predicted molar refractivity (Wildman–Crippen MR) is 113 cm³/mol. The number of hydrogen-bond acceptors (Lipinski definition) is 8. The van der Waals surface area contributed by atoms with Gasteiger partial charge < -0.3 is 13.9 Å². The van der Waals surface area contributed by atoms with E-state index in [1.807, 2.05) is 33.8 Å². The summed E-state index contributed by atoms with van der Waals surface area (Å²) in [5.41, 5.74) is 1.61. The van der Waals surface area contributed by atoms with Crippen LogP contribution < -0.4 is 14.9 Å². The summed E-state index contributed by atoms with van der Waals surface area (Å²) in [6.07, 6.45) is 1.18. The molecule has 1 aromatic carbocycles. The van der Waals surface area contributed by atoms with Gasteiger partial charge in [0.25, 0.3) is 0 Å². The fourth-order valence-corrected chi connectivity index (χ4v) is 3.42. The van der Waals surface area contributed by atoms with E-state index >= 15 is 0 Å². The van der Waals surface area contributed by atoms with Gasteiger partial charge >= 0.3 is 5.97 Å². The molecule has 0 bridgehead atoms. The van der Waals surface area contributed by atoms with Crippen molar-refractivity contribution in [1.29, 1.82) is 0 Å². The molecule has 7 nitrogen and oxygen atoms in total. The summed E-state index contributed by atoms with van der Waals surface area (Å²) >= 11 is 1.36. The number of carbonyl (C=O) groups excluding carboxylic acids is 1. The highest BCUT2D eigenvalue weighted by Crippen LogP contribution is 2.21. The Morgan fingerprint density at radius 1 is 1.10 bits per heavy atom. The summed E-state index contributed by atoms with van der Waals surface area (Å²) in [6.45, 7) is 7.62. The second-order valence-electron chi connectivity index (χ2n) is 6.88. The molecular formula is C22H22N2O5S. The molecule has 0 saturated heterocycles. The van der Waals surface area contributed by atoms with E-state index in [1.165, 1.54) is 17.8 Å². The molecule has 3 aromatic rings. The van der Waals surface area contributed by atoms with Crippen molar-refractivity contribution >= 4 is 17.7 Å². The largest absolute Gasteiger partial charge is 0.491 e. The smallest absolute Gasteiger partial charge is 0.343 e. The standard InChI is InChI=1S/C22H22N2O5S/c1-13(2)28-17-7-5-16(6-8-17)21(26)29-20-11-27-18(10-19(20)25)12-30-22-23-14(3)9-15(4)24-22/h5-11,13H,12H2,1-4H3. The van der Waals surface area contributed by atoms with E-state index in [2.05, 4.69) is 9.97 Å². The molecule has 0 fully saturated rings. The van der Waals surface area contributed by atoms with E-state index in [4.69, 9.17) is 13.9 Å². The fourth-order valence-electron chi connectivity index (χ4n) is 2.58. The molecule has 0 amide bonds. The molecule has 0 aliphatic carbocycles. The summed E-state index contributed by atoms with van der Waals surface area (Å²) < 4.78 is 16.2. The van der Waals surface area contributed by atoms with Crippen LogP contribution in [0.5, 0.6) is 11.5 Å². The van der Waals surface area contributed by atoms with Gasteiger partial charge in [0.2, 0.25) is 11.2 Å². The van der Waals surface area contributed by atoms with Crippen LogP contribution in [0.15, 0.2) is 57.0 Å². The van der Waals surface area contributed by atoms with Crippen LogP contribution in [0.1, 0.15) is 41.4 Å². The highest BCUT2D eigenvalue weighted by Gasteiger charge is 2.13. The zero-order chi connectivity index (χ0) is 21.7. The van der Waals surface area contributed by atoms with Gasteiger partial charge in [-0.15, -0.1) is 0 Å². The first kappa shape index (κ1) is 21.6. The molecule has 0 aliphatic heterocycles. The van der Waals surface area contributed by atoms with Crippen LogP contribution in [0.3, 0.4) is 0 Å². The molecule has 0 unspecified atom stereocenters. The van der Waals surface area contributed by atoms with Crippen molar-refractivity contribution in [3.63, 3.8) is 0 Å². The third-order valence-electron chi connectivity index (χ3n) is 3.82. The summed E-state index contributed by atoms with van der Waals surface area (Å²) in [5.74, 6) is 0.644. The van der Waals surface area contributed by atoms with E-state index in [0.29, 0.717) is 28.0 Å². The van der Waals surface area contributed by atoms with E-state index in [1.54, 1.807) is 24.3 Å². The van der Waals surface area contributed by atoms with Crippen LogP contribution >= 0.6 is 11.8 Å². The van der Waals surface area contributed by atoms with Gasteiger partial charge in [-0.3, -0.25) is 4.79 Å². The lowest BCUT2D eigenvalue weighted by atomic mass is 10.2. The van der Waals surface area contributed by atoms with Gasteiger partial charge in [-0.2, -0.15) is 0 Å². The first-order chi connectivity index (χ1) is 14.3. The first-order valence-corrected chi connectivity index (χ1v) is 10.3.